The van der Waals surface area contributed by atoms with Crippen molar-refractivity contribution >= 4 is 0 Å². The van der Waals surface area contributed by atoms with Crippen molar-refractivity contribution in [1.29, 1.82) is 0 Å². The molecule has 0 heterocycles. The van der Waals surface area contributed by atoms with Crippen LogP contribution < -0.4 is 0 Å². The number of terminal acetylenes is 1. The lowest BCUT2D eigenvalue weighted by Gasteiger charge is -2.05. The summed E-state index contributed by atoms with van der Waals surface area (Å²) in [6, 6.07) is 6.03. The van der Waals surface area contributed by atoms with Gasteiger partial charge in [0.05, 0.1) is 5.56 Å². The molecule has 0 radical (unpaired) electrons. The first-order valence-corrected chi connectivity index (χ1v) is 6.48. The van der Waals surface area contributed by atoms with Crippen molar-refractivity contribution in [2.45, 2.75) is 20.8 Å². The zero-order valence-corrected chi connectivity index (χ0v) is 12.1. The van der Waals surface area contributed by atoms with Crippen LogP contribution in [-0.4, -0.2) is 0 Å². The van der Waals surface area contributed by atoms with Crippen LogP contribution in [0.25, 0.3) is 0 Å². The van der Waals surface area contributed by atoms with Gasteiger partial charge in [-0.3, -0.25) is 0 Å². The summed E-state index contributed by atoms with van der Waals surface area (Å²) in [5.74, 6) is 6.08. The normalized spacial score (nSPS) is 9.71. The van der Waals surface area contributed by atoms with Crippen molar-refractivity contribution in [3.8, 4) is 24.2 Å². The van der Waals surface area contributed by atoms with Gasteiger partial charge in [0, 0.05) is 11.1 Å². The Kier molecular flexibility index (Phi) is 4.10. The van der Waals surface area contributed by atoms with E-state index in [0.717, 1.165) is 28.8 Å². The molecule has 0 unspecified atom stereocenters. The van der Waals surface area contributed by atoms with E-state index in [0.29, 0.717) is 0 Å². The first-order chi connectivity index (χ1) is 9.92. The summed E-state index contributed by atoms with van der Waals surface area (Å²) in [7, 11) is 0. The molecule has 2 rings (SSSR count). The van der Waals surface area contributed by atoms with E-state index in [1.807, 2.05) is 32.9 Å². The fraction of sp³-hybridized carbons (Fsp3) is 0.158. The van der Waals surface area contributed by atoms with Gasteiger partial charge < -0.3 is 0 Å². The van der Waals surface area contributed by atoms with Gasteiger partial charge in [0.15, 0.2) is 0 Å². The van der Waals surface area contributed by atoms with E-state index in [2.05, 4.69) is 17.8 Å². The van der Waals surface area contributed by atoms with Gasteiger partial charge in [0.25, 0.3) is 0 Å². The quantitative estimate of drug-likeness (QED) is 0.632. The second-order valence-corrected chi connectivity index (χ2v) is 4.94. The molecule has 0 nitrogen and oxygen atoms in total. The highest BCUT2D eigenvalue weighted by Crippen LogP contribution is 2.16. The molecule has 0 aliphatic rings. The molecule has 2 heteroatoms. The van der Waals surface area contributed by atoms with Gasteiger partial charge in [-0.25, -0.2) is 8.78 Å². The molecule has 0 N–H and O–H groups in total. The molecule has 0 spiro atoms. The molecular formula is C19H14F2. The maximum Gasteiger partial charge on any atom is 0.143 e. The second-order valence-electron chi connectivity index (χ2n) is 4.94. The standard InChI is InChI=1S/C19H14F2/c1-5-15-10-18(20)17(19(21)11-15)7-6-16-8-12(2)14(4)13(3)9-16/h1,8-11H,2-4H3. The monoisotopic (exact) mass is 280 g/mol. The van der Waals surface area contributed by atoms with Gasteiger partial charge >= 0.3 is 0 Å². The zero-order chi connectivity index (χ0) is 15.6. The molecule has 0 saturated heterocycles. The third-order valence-electron chi connectivity index (χ3n) is 3.47. The molecule has 0 saturated carbocycles. The predicted molar refractivity (Wildman–Crippen MR) is 80.9 cm³/mol. The van der Waals surface area contributed by atoms with Crippen LogP contribution in [0.4, 0.5) is 8.78 Å². The van der Waals surface area contributed by atoms with E-state index in [1.165, 1.54) is 5.56 Å². The summed E-state index contributed by atoms with van der Waals surface area (Å²) in [6.45, 7) is 5.99. The van der Waals surface area contributed by atoms with Gasteiger partial charge in [-0.1, -0.05) is 17.8 Å². The molecule has 104 valence electrons. The van der Waals surface area contributed by atoms with Gasteiger partial charge in [0.1, 0.15) is 11.6 Å². The van der Waals surface area contributed by atoms with Crippen LogP contribution in [0.3, 0.4) is 0 Å². The van der Waals surface area contributed by atoms with E-state index in [-0.39, 0.29) is 11.1 Å². The Hall–Kier alpha value is -2.58. The number of hydrogen-bond acceptors (Lipinski definition) is 0. The molecule has 0 amide bonds. The molecule has 0 bridgehead atoms. The van der Waals surface area contributed by atoms with Crippen molar-refractivity contribution in [2.24, 2.45) is 0 Å². The third kappa shape index (κ3) is 3.12. The van der Waals surface area contributed by atoms with Gasteiger partial charge in [-0.05, 0) is 61.7 Å². The Balaban J connectivity index is 2.48. The molecule has 0 aromatic heterocycles. The highest BCUT2D eigenvalue weighted by molar-refractivity contribution is 5.49. The summed E-state index contributed by atoms with van der Waals surface area (Å²) in [5, 5.41) is 0. The van der Waals surface area contributed by atoms with Crippen LogP contribution >= 0.6 is 0 Å². The van der Waals surface area contributed by atoms with E-state index in [1.54, 1.807) is 0 Å². The Bertz CT molecular complexity index is 766. The number of halogens is 2. The molecular weight excluding hydrogens is 266 g/mol. The van der Waals surface area contributed by atoms with Crippen LogP contribution in [0.1, 0.15) is 33.4 Å². The molecule has 2 aromatic carbocycles. The molecule has 0 aliphatic carbocycles. The van der Waals surface area contributed by atoms with Crippen LogP contribution in [0, 0.1) is 56.6 Å². The van der Waals surface area contributed by atoms with Gasteiger partial charge in [0.2, 0.25) is 0 Å². The Morgan fingerprint density at radius 2 is 1.33 bits per heavy atom. The number of hydrogen-bond donors (Lipinski definition) is 0. The van der Waals surface area contributed by atoms with Crippen LogP contribution in [-0.2, 0) is 0 Å². The summed E-state index contributed by atoms with van der Waals surface area (Å²) in [5.41, 5.74) is 4.03. The van der Waals surface area contributed by atoms with E-state index < -0.39 is 11.6 Å². The first kappa shape index (κ1) is 14.8. The third-order valence-corrected chi connectivity index (χ3v) is 3.47. The lowest BCUT2D eigenvalue weighted by Crippen LogP contribution is -1.93. The average Bonchev–Trinajstić information content (AvgIpc) is 2.43. The smallest absolute Gasteiger partial charge is 0.143 e. The molecule has 0 atom stereocenters. The Morgan fingerprint density at radius 1 is 0.810 bits per heavy atom. The minimum atomic E-state index is -0.740. The van der Waals surface area contributed by atoms with Crippen LogP contribution in [0.2, 0.25) is 0 Å². The highest BCUT2D eigenvalue weighted by Gasteiger charge is 2.08. The van der Waals surface area contributed by atoms with E-state index >= 15 is 0 Å². The van der Waals surface area contributed by atoms with Crippen molar-refractivity contribution in [2.75, 3.05) is 0 Å². The summed E-state index contributed by atoms with van der Waals surface area (Å²) < 4.78 is 27.6. The number of benzene rings is 2. The second kappa shape index (κ2) is 5.81. The first-order valence-electron chi connectivity index (χ1n) is 6.48. The Morgan fingerprint density at radius 3 is 1.81 bits per heavy atom. The fourth-order valence-corrected chi connectivity index (χ4v) is 2.02. The largest absolute Gasteiger partial charge is 0.205 e. The van der Waals surface area contributed by atoms with Crippen molar-refractivity contribution < 1.29 is 8.78 Å². The number of aryl methyl sites for hydroxylation is 2. The van der Waals surface area contributed by atoms with E-state index in [4.69, 9.17) is 6.42 Å². The highest BCUT2D eigenvalue weighted by atomic mass is 19.1. The zero-order valence-electron chi connectivity index (χ0n) is 12.1. The predicted octanol–water partition coefficient (Wildman–Crippen LogP) is 4.27. The Labute approximate surface area is 123 Å². The topological polar surface area (TPSA) is 0 Å². The molecule has 2 aromatic rings. The minimum Gasteiger partial charge on any atom is -0.205 e. The van der Waals surface area contributed by atoms with Crippen molar-refractivity contribution in [1.82, 2.24) is 0 Å². The maximum absolute atomic E-state index is 13.8. The maximum atomic E-state index is 13.8. The van der Waals surface area contributed by atoms with Crippen LogP contribution in [0.5, 0.6) is 0 Å². The lowest BCUT2D eigenvalue weighted by atomic mass is 10.0. The minimum absolute atomic E-state index is 0.164. The SMILES string of the molecule is C#Cc1cc(F)c(C#Cc2cc(C)c(C)c(C)c2)c(F)c1. The summed E-state index contributed by atoms with van der Waals surface area (Å²) in [4.78, 5) is 0. The van der Waals surface area contributed by atoms with Crippen molar-refractivity contribution in [3.63, 3.8) is 0 Å². The molecule has 0 aliphatic heterocycles. The van der Waals surface area contributed by atoms with E-state index in [9.17, 15) is 8.78 Å². The lowest BCUT2D eigenvalue weighted by molar-refractivity contribution is 0.577. The molecule has 21 heavy (non-hydrogen) atoms. The van der Waals surface area contributed by atoms with Gasteiger partial charge in [-0.2, -0.15) is 0 Å². The molecule has 0 fully saturated rings. The fourth-order valence-electron chi connectivity index (χ4n) is 2.02. The average molecular weight is 280 g/mol. The summed E-state index contributed by atoms with van der Waals surface area (Å²) >= 11 is 0. The van der Waals surface area contributed by atoms with Crippen LogP contribution in [0.15, 0.2) is 24.3 Å². The van der Waals surface area contributed by atoms with Crippen molar-refractivity contribution in [3.05, 3.63) is 69.3 Å². The summed E-state index contributed by atoms with van der Waals surface area (Å²) in [6.07, 6.45) is 5.13. The number of rotatable bonds is 0. The van der Waals surface area contributed by atoms with Gasteiger partial charge in [-0.15, -0.1) is 6.42 Å².